The second-order valence-corrected chi connectivity index (χ2v) is 5.97. The first-order valence-electron chi connectivity index (χ1n) is 8.10. The van der Waals surface area contributed by atoms with Gasteiger partial charge in [-0.2, -0.15) is 0 Å². The number of rotatable bonds is 4. The highest BCUT2D eigenvalue weighted by Gasteiger charge is 2.21. The topological polar surface area (TPSA) is 9.23 Å². The molecule has 0 unspecified atom stereocenters. The smallest absolute Gasteiger partial charge is 0.168 e. The van der Waals surface area contributed by atoms with Crippen molar-refractivity contribution in [1.29, 1.82) is 0 Å². The van der Waals surface area contributed by atoms with Gasteiger partial charge in [-0.3, -0.25) is 0 Å². The molecule has 2 aromatic carbocycles. The Morgan fingerprint density at radius 2 is 1.75 bits per heavy atom. The first kappa shape index (κ1) is 16.6. The number of hydrogen-bond acceptors (Lipinski definition) is 1. The van der Waals surface area contributed by atoms with Gasteiger partial charge in [-0.1, -0.05) is 37.6 Å². The van der Waals surface area contributed by atoms with E-state index in [0.717, 1.165) is 6.42 Å². The third-order valence-corrected chi connectivity index (χ3v) is 4.47. The number of halogens is 3. The maximum Gasteiger partial charge on any atom is 0.168 e. The Bertz CT molecular complexity index is 809. The highest BCUT2D eigenvalue weighted by Crippen LogP contribution is 2.36. The monoisotopic (exact) mass is 332 g/mol. The predicted molar refractivity (Wildman–Crippen MR) is 89.5 cm³/mol. The third-order valence-electron chi connectivity index (χ3n) is 4.47. The molecule has 0 radical (unpaired) electrons. The van der Waals surface area contributed by atoms with Crippen molar-refractivity contribution >= 4 is 11.6 Å². The van der Waals surface area contributed by atoms with E-state index in [2.05, 4.69) is 0 Å². The molecule has 0 saturated heterocycles. The number of allylic oxidation sites excluding steroid dienone is 1. The van der Waals surface area contributed by atoms with Gasteiger partial charge in [0.15, 0.2) is 23.2 Å². The Morgan fingerprint density at radius 3 is 2.46 bits per heavy atom. The molecule has 2 aromatic rings. The molecule has 0 aliphatic heterocycles. The molecule has 0 amide bonds. The van der Waals surface area contributed by atoms with Crippen LogP contribution in [0.2, 0.25) is 0 Å². The highest BCUT2D eigenvalue weighted by molar-refractivity contribution is 5.85. The fourth-order valence-electron chi connectivity index (χ4n) is 3.19. The van der Waals surface area contributed by atoms with Crippen LogP contribution in [0.25, 0.3) is 11.6 Å². The number of methoxy groups -OCH3 is 1. The second kappa shape index (κ2) is 6.71. The van der Waals surface area contributed by atoms with Crippen LogP contribution in [0.15, 0.2) is 24.3 Å². The van der Waals surface area contributed by atoms with Gasteiger partial charge in [0, 0.05) is 5.56 Å². The van der Waals surface area contributed by atoms with Crippen molar-refractivity contribution in [3.8, 4) is 5.75 Å². The number of ether oxygens (including phenoxy) is 1. The van der Waals surface area contributed by atoms with E-state index in [-0.39, 0.29) is 17.1 Å². The lowest BCUT2D eigenvalue weighted by Crippen LogP contribution is -2.06. The number of benzene rings is 2. The van der Waals surface area contributed by atoms with E-state index in [4.69, 9.17) is 4.74 Å². The zero-order valence-electron chi connectivity index (χ0n) is 13.8. The number of aryl methyl sites for hydroxylation is 1. The Balaban J connectivity index is 2.03. The standard InChI is InChI=1S/C20H19F3O/c1-3-4-12-5-8-16(20(23)18(12)21)13-6-9-15-14(11-13)7-10-17(24-2)19(15)22/h5,7-8,10-11H,3-4,6,9H2,1-2H3. The summed E-state index contributed by atoms with van der Waals surface area (Å²) in [6, 6.07) is 6.56. The van der Waals surface area contributed by atoms with Gasteiger partial charge in [0.25, 0.3) is 0 Å². The third kappa shape index (κ3) is 2.81. The Kier molecular flexibility index (Phi) is 4.65. The van der Waals surface area contributed by atoms with E-state index < -0.39 is 11.6 Å². The summed E-state index contributed by atoms with van der Waals surface area (Å²) in [5.41, 5.74) is 2.58. The molecule has 0 fully saturated rings. The van der Waals surface area contributed by atoms with Gasteiger partial charge in [0.05, 0.1) is 7.11 Å². The summed E-state index contributed by atoms with van der Waals surface area (Å²) in [6.07, 6.45) is 3.89. The molecule has 0 bridgehead atoms. The fourth-order valence-corrected chi connectivity index (χ4v) is 3.19. The summed E-state index contributed by atoms with van der Waals surface area (Å²) >= 11 is 0. The largest absolute Gasteiger partial charge is 0.494 e. The Labute approximate surface area is 139 Å². The van der Waals surface area contributed by atoms with Crippen molar-refractivity contribution in [1.82, 2.24) is 0 Å². The average Bonchev–Trinajstić information content (AvgIpc) is 2.59. The molecule has 0 heterocycles. The summed E-state index contributed by atoms with van der Waals surface area (Å²) in [7, 11) is 1.42. The molecule has 1 aliphatic carbocycles. The first-order chi connectivity index (χ1) is 11.6. The van der Waals surface area contributed by atoms with E-state index in [1.807, 2.05) is 6.92 Å². The van der Waals surface area contributed by atoms with Crippen molar-refractivity contribution in [3.63, 3.8) is 0 Å². The minimum atomic E-state index is -0.815. The summed E-state index contributed by atoms with van der Waals surface area (Å²) in [6.45, 7) is 1.93. The summed E-state index contributed by atoms with van der Waals surface area (Å²) in [4.78, 5) is 0. The van der Waals surface area contributed by atoms with Gasteiger partial charge >= 0.3 is 0 Å². The van der Waals surface area contributed by atoms with Crippen molar-refractivity contribution in [2.75, 3.05) is 7.11 Å². The van der Waals surface area contributed by atoms with Crippen LogP contribution in [0, 0.1) is 17.5 Å². The minimum absolute atomic E-state index is 0.201. The molecule has 1 aliphatic rings. The molecule has 3 rings (SSSR count). The molecule has 0 spiro atoms. The fraction of sp³-hybridized carbons (Fsp3) is 0.300. The van der Waals surface area contributed by atoms with Crippen LogP contribution in [-0.2, 0) is 12.8 Å². The van der Waals surface area contributed by atoms with Crippen LogP contribution in [0.4, 0.5) is 13.2 Å². The molecular weight excluding hydrogens is 313 g/mol. The maximum atomic E-state index is 14.4. The van der Waals surface area contributed by atoms with Crippen LogP contribution in [0.1, 0.15) is 42.0 Å². The van der Waals surface area contributed by atoms with Gasteiger partial charge in [-0.25, -0.2) is 13.2 Å². The molecule has 1 nitrogen and oxygen atoms in total. The molecule has 0 saturated carbocycles. The molecule has 0 aromatic heterocycles. The zero-order valence-corrected chi connectivity index (χ0v) is 13.8. The van der Waals surface area contributed by atoms with E-state index >= 15 is 0 Å². The Hall–Kier alpha value is -2.23. The quantitative estimate of drug-likeness (QED) is 0.713. The normalized spacial score (nSPS) is 13.5. The van der Waals surface area contributed by atoms with Crippen LogP contribution < -0.4 is 4.74 Å². The molecule has 24 heavy (non-hydrogen) atoms. The molecule has 4 heteroatoms. The van der Waals surface area contributed by atoms with E-state index in [1.165, 1.54) is 7.11 Å². The molecule has 126 valence electrons. The van der Waals surface area contributed by atoms with Crippen molar-refractivity contribution in [2.24, 2.45) is 0 Å². The molecule has 0 atom stereocenters. The highest BCUT2D eigenvalue weighted by atomic mass is 19.2. The van der Waals surface area contributed by atoms with Gasteiger partial charge in [-0.15, -0.1) is 0 Å². The summed E-state index contributed by atoms with van der Waals surface area (Å²) < 4.78 is 47.9. The van der Waals surface area contributed by atoms with Crippen LogP contribution in [-0.4, -0.2) is 7.11 Å². The Morgan fingerprint density at radius 1 is 0.958 bits per heavy atom. The second-order valence-electron chi connectivity index (χ2n) is 5.97. The van der Waals surface area contributed by atoms with Crippen LogP contribution in [0.3, 0.4) is 0 Å². The molecular formula is C20H19F3O. The van der Waals surface area contributed by atoms with Crippen molar-refractivity contribution < 1.29 is 17.9 Å². The summed E-state index contributed by atoms with van der Waals surface area (Å²) in [5, 5.41) is 0. The van der Waals surface area contributed by atoms with Gasteiger partial charge < -0.3 is 4.74 Å². The molecule has 0 N–H and O–H groups in total. The van der Waals surface area contributed by atoms with Gasteiger partial charge in [-0.05, 0) is 47.6 Å². The zero-order chi connectivity index (χ0) is 17.3. The van der Waals surface area contributed by atoms with Gasteiger partial charge in [0.1, 0.15) is 0 Å². The minimum Gasteiger partial charge on any atom is -0.494 e. The van der Waals surface area contributed by atoms with Crippen LogP contribution in [0.5, 0.6) is 5.75 Å². The first-order valence-corrected chi connectivity index (χ1v) is 8.10. The maximum absolute atomic E-state index is 14.4. The van der Waals surface area contributed by atoms with E-state index in [1.54, 1.807) is 30.3 Å². The van der Waals surface area contributed by atoms with E-state index in [9.17, 15) is 13.2 Å². The van der Waals surface area contributed by atoms with Crippen LogP contribution >= 0.6 is 0 Å². The average molecular weight is 332 g/mol. The summed E-state index contributed by atoms with van der Waals surface area (Å²) in [5.74, 6) is -1.77. The van der Waals surface area contributed by atoms with Crippen molar-refractivity contribution in [3.05, 3.63) is 64.0 Å². The lowest BCUT2D eigenvalue weighted by atomic mass is 9.87. The lowest BCUT2D eigenvalue weighted by Gasteiger charge is -2.19. The van der Waals surface area contributed by atoms with Gasteiger partial charge in [0.2, 0.25) is 0 Å². The van der Waals surface area contributed by atoms with Crippen molar-refractivity contribution in [2.45, 2.75) is 32.6 Å². The number of fused-ring (bicyclic) bond motifs is 1. The SMILES string of the molecule is CCCc1ccc(C2=Cc3ccc(OC)c(F)c3CC2)c(F)c1F. The van der Waals surface area contributed by atoms with E-state index in [0.29, 0.717) is 41.5 Å². The number of hydrogen-bond donors (Lipinski definition) is 0. The lowest BCUT2D eigenvalue weighted by molar-refractivity contribution is 0.384. The predicted octanol–water partition coefficient (Wildman–Crippen LogP) is 5.55.